The minimum absolute atomic E-state index is 0.119. The Balaban J connectivity index is 1.86. The Morgan fingerprint density at radius 2 is 2.00 bits per heavy atom. The molecule has 0 radical (unpaired) electrons. The number of benzene rings is 2. The summed E-state index contributed by atoms with van der Waals surface area (Å²) < 4.78 is 5.27. The van der Waals surface area contributed by atoms with Crippen LogP contribution in [0.5, 0.6) is 5.75 Å². The number of primary amides is 1. The molecule has 1 aliphatic heterocycles. The molecule has 1 aliphatic rings. The lowest BCUT2D eigenvalue weighted by Gasteiger charge is -2.30. The van der Waals surface area contributed by atoms with Gasteiger partial charge >= 0.3 is 0 Å². The van der Waals surface area contributed by atoms with Crippen molar-refractivity contribution in [2.45, 2.75) is 12.8 Å². The molecule has 0 spiro atoms. The zero-order chi connectivity index (χ0) is 17.1. The fraction of sp³-hybridized carbons (Fsp3) is 0.222. The predicted octanol–water partition coefficient (Wildman–Crippen LogP) is 1.73. The van der Waals surface area contributed by atoms with Crippen LogP contribution in [0.4, 0.5) is 11.4 Å². The Morgan fingerprint density at radius 1 is 1.17 bits per heavy atom. The molecule has 6 heteroatoms. The molecule has 0 atom stereocenters. The van der Waals surface area contributed by atoms with E-state index >= 15 is 0 Å². The second kappa shape index (κ2) is 6.62. The molecule has 0 bridgehead atoms. The van der Waals surface area contributed by atoms with E-state index in [0.717, 1.165) is 24.1 Å². The van der Waals surface area contributed by atoms with Crippen LogP contribution in [-0.4, -0.2) is 25.0 Å². The Bertz CT molecular complexity index is 789. The topological polar surface area (TPSA) is 98.7 Å². The average molecular weight is 325 g/mol. The van der Waals surface area contributed by atoms with E-state index in [1.54, 1.807) is 29.2 Å². The summed E-state index contributed by atoms with van der Waals surface area (Å²) in [7, 11) is 0. The lowest BCUT2D eigenvalue weighted by molar-refractivity contribution is -0.119. The van der Waals surface area contributed by atoms with Crippen molar-refractivity contribution in [3.05, 3.63) is 53.6 Å². The van der Waals surface area contributed by atoms with Gasteiger partial charge in [-0.25, -0.2) is 0 Å². The van der Waals surface area contributed by atoms with Crippen LogP contribution in [-0.2, 0) is 11.2 Å². The largest absolute Gasteiger partial charge is 0.484 e. The van der Waals surface area contributed by atoms with Gasteiger partial charge in [-0.1, -0.05) is 12.1 Å². The minimum atomic E-state index is -0.563. The number of hydrogen-bond donors (Lipinski definition) is 2. The van der Waals surface area contributed by atoms with Crippen LogP contribution in [0.25, 0.3) is 0 Å². The molecule has 0 fully saturated rings. The quantitative estimate of drug-likeness (QED) is 0.836. The Hall–Kier alpha value is -3.02. The van der Waals surface area contributed by atoms with Gasteiger partial charge in [0.2, 0.25) is 0 Å². The van der Waals surface area contributed by atoms with E-state index in [2.05, 4.69) is 0 Å². The number of hydrogen-bond acceptors (Lipinski definition) is 4. The van der Waals surface area contributed by atoms with Gasteiger partial charge < -0.3 is 21.1 Å². The number of aryl methyl sites for hydroxylation is 1. The highest BCUT2D eigenvalue weighted by Gasteiger charge is 2.24. The highest BCUT2D eigenvalue weighted by molar-refractivity contribution is 6.07. The summed E-state index contributed by atoms with van der Waals surface area (Å²) >= 11 is 0. The summed E-state index contributed by atoms with van der Waals surface area (Å²) in [5, 5.41) is 0. The third kappa shape index (κ3) is 3.32. The van der Waals surface area contributed by atoms with Crippen molar-refractivity contribution in [1.29, 1.82) is 0 Å². The molecule has 2 aromatic rings. The molecule has 4 N–H and O–H groups in total. The maximum absolute atomic E-state index is 12.9. The Kier molecular flexibility index (Phi) is 4.37. The molecule has 24 heavy (non-hydrogen) atoms. The number of nitrogens with zero attached hydrogens (tertiary/aromatic N) is 1. The molecule has 0 aromatic heterocycles. The van der Waals surface area contributed by atoms with Gasteiger partial charge in [0.1, 0.15) is 5.75 Å². The van der Waals surface area contributed by atoms with Crippen molar-refractivity contribution in [2.75, 3.05) is 23.8 Å². The van der Waals surface area contributed by atoms with Gasteiger partial charge in [-0.2, -0.15) is 0 Å². The van der Waals surface area contributed by atoms with E-state index in [-0.39, 0.29) is 12.5 Å². The third-order valence-corrected chi connectivity index (χ3v) is 3.94. The lowest BCUT2D eigenvalue weighted by atomic mass is 10.00. The first-order chi connectivity index (χ1) is 11.5. The van der Waals surface area contributed by atoms with E-state index < -0.39 is 5.91 Å². The first-order valence-corrected chi connectivity index (χ1v) is 7.76. The standard InChI is InChI=1S/C18H19N3O3/c19-14-7-6-12-4-2-8-21(16(12)10-14)18(23)13-3-1-5-15(9-13)24-11-17(20)22/h1,3,5-7,9-10H,2,4,8,11,19H2,(H2,20,22). The smallest absolute Gasteiger partial charge is 0.258 e. The first kappa shape index (κ1) is 15.9. The number of rotatable bonds is 4. The molecule has 3 rings (SSSR count). The molecule has 2 aromatic carbocycles. The number of carbonyl (C=O) groups is 2. The normalized spacial score (nSPS) is 13.2. The van der Waals surface area contributed by atoms with E-state index in [9.17, 15) is 9.59 Å². The van der Waals surface area contributed by atoms with Crippen LogP contribution < -0.4 is 21.1 Å². The number of fused-ring (bicyclic) bond motifs is 1. The molecule has 2 amide bonds. The van der Waals surface area contributed by atoms with Gasteiger partial charge in [-0.15, -0.1) is 0 Å². The molecule has 0 unspecified atom stereocenters. The van der Waals surface area contributed by atoms with Crippen LogP contribution in [0.2, 0.25) is 0 Å². The van der Waals surface area contributed by atoms with Crippen molar-refractivity contribution in [3.63, 3.8) is 0 Å². The Morgan fingerprint density at radius 3 is 2.79 bits per heavy atom. The highest BCUT2D eigenvalue weighted by Crippen LogP contribution is 2.30. The number of carbonyl (C=O) groups excluding carboxylic acids is 2. The van der Waals surface area contributed by atoms with Crippen molar-refractivity contribution in [2.24, 2.45) is 5.73 Å². The van der Waals surface area contributed by atoms with Crippen LogP contribution in [0.3, 0.4) is 0 Å². The average Bonchev–Trinajstić information content (AvgIpc) is 2.59. The summed E-state index contributed by atoms with van der Waals surface area (Å²) in [4.78, 5) is 25.5. The van der Waals surface area contributed by atoms with Gasteiger partial charge in [0.25, 0.3) is 11.8 Å². The number of amides is 2. The summed E-state index contributed by atoms with van der Waals surface area (Å²) in [6, 6.07) is 12.4. The number of nitrogens with two attached hydrogens (primary N) is 2. The molecule has 0 saturated carbocycles. The lowest BCUT2D eigenvalue weighted by Crippen LogP contribution is -2.35. The van der Waals surface area contributed by atoms with Crippen molar-refractivity contribution in [3.8, 4) is 5.75 Å². The molecular weight excluding hydrogens is 306 g/mol. The maximum Gasteiger partial charge on any atom is 0.258 e. The SMILES string of the molecule is NC(=O)COc1cccc(C(=O)N2CCCc3ccc(N)cc32)c1. The van der Waals surface area contributed by atoms with E-state index in [1.807, 2.05) is 18.2 Å². The fourth-order valence-corrected chi connectivity index (χ4v) is 2.83. The molecule has 124 valence electrons. The van der Waals surface area contributed by atoms with Crippen molar-refractivity contribution in [1.82, 2.24) is 0 Å². The maximum atomic E-state index is 12.9. The molecule has 1 heterocycles. The summed E-state index contributed by atoms with van der Waals surface area (Å²) in [6.45, 7) is 0.419. The van der Waals surface area contributed by atoms with Crippen LogP contribution >= 0.6 is 0 Å². The predicted molar refractivity (Wildman–Crippen MR) is 92.0 cm³/mol. The zero-order valence-electron chi connectivity index (χ0n) is 13.2. The van der Waals surface area contributed by atoms with E-state index in [4.69, 9.17) is 16.2 Å². The first-order valence-electron chi connectivity index (χ1n) is 7.76. The monoisotopic (exact) mass is 325 g/mol. The molecule has 0 saturated heterocycles. The van der Waals surface area contributed by atoms with Crippen LogP contribution in [0, 0.1) is 0 Å². The van der Waals surface area contributed by atoms with Gasteiger partial charge in [0.05, 0.1) is 0 Å². The second-order valence-corrected chi connectivity index (χ2v) is 5.73. The van der Waals surface area contributed by atoms with E-state index in [0.29, 0.717) is 23.5 Å². The van der Waals surface area contributed by atoms with Crippen molar-refractivity contribution < 1.29 is 14.3 Å². The number of anilines is 2. The van der Waals surface area contributed by atoms with Crippen LogP contribution in [0.15, 0.2) is 42.5 Å². The molecule has 6 nitrogen and oxygen atoms in total. The zero-order valence-corrected chi connectivity index (χ0v) is 13.2. The van der Waals surface area contributed by atoms with Crippen molar-refractivity contribution >= 4 is 23.2 Å². The second-order valence-electron chi connectivity index (χ2n) is 5.73. The number of ether oxygens (including phenoxy) is 1. The van der Waals surface area contributed by atoms with Gasteiger partial charge in [0, 0.05) is 23.5 Å². The van der Waals surface area contributed by atoms with Crippen LogP contribution in [0.1, 0.15) is 22.3 Å². The summed E-state index contributed by atoms with van der Waals surface area (Å²) in [6.07, 6.45) is 1.83. The highest BCUT2D eigenvalue weighted by atomic mass is 16.5. The Labute approximate surface area is 140 Å². The van der Waals surface area contributed by atoms with Gasteiger partial charge in [-0.05, 0) is 48.7 Å². The summed E-state index contributed by atoms with van der Waals surface area (Å²) in [5.41, 5.74) is 14.0. The summed E-state index contributed by atoms with van der Waals surface area (Å²) in [5.74, 6) is -0.248. The molecule has 0 aliphatic carbocycles. The fourth-order valence-electron chi connectivity index (χ4n) is 2.83. The third-order valence-electron chi connectivity index (χ3n) is 3.94. The van der Waals surface area contributed by atoms with Gasteiger partial charge in [0.15, 0.2) is 6.61 Å². The molecular formula is C18H19N3O3. The number of nitrogen functional groups attached to an aromatic ring is 1. The van der Waals surface area contributed by atoms with Gasteiger partial charge in [-0.3, -0.25) is 9.59 Å². The minimum Gasteiger partial charge on any atom is -0.484 e. The van der Waals surface area contributed by atoms with E-state index in [1.165, 1.54) is 0 Å².